The molecule has 1 atom stereocenters. The Kier molecular flexibility index (Phi) is 5.38. The Morgan fingerprint density at radius 2 is 1.79 bits per heavy atom. The average Bonchev–Trinajstić information content (AvgIpc) is 2.89. The van der Waals surface area contributed by atoms with Crippen molar-refractivity contribution in [2.24, 2.45) is 0 Å². The van der Waals surface area contributed by atoms with E-state index in [1.807, 2.05) is 20.0 Å². The highest BCUT2D eigenvalue weighted by molar-refractivity contribution is 5.26. The first-order chi connectivity index (χ1) is 9.33. The van der Waals surface area contributed by atoms with Crippen LogP contribution in [0.25, 0.3) is 0 Å². The second-order valence-electron chi connectivity index (χ2n) is 5.59. The van der Waals surface area contributed by atoms with Gasteiger partial charge in [-0.05, 0) is 69.7 Å². The van der Waals surface area contributed by atoms with Crippen molar-refractivity contribution in [1.29, 1.82) is 0 Å². The molecule has 1 aliphatic heterocycles. The van der Waals surface area contributed by atoms with E-state index in [0.29, 0.717) is 0 Å². The zero-order valence-electron chi connectivity index (χ0n) is 12.8. The van der Waals surface area contributed by atoms with Gasteiger partial charge in [-0.1, -0.05) is 19.9 Å². The lowest BCUT2D eigenvalue weighted by molar-refractivity contribution is 0.222. The second kappa shape index (κ2) is 7.04. The Morgan fingerprint density at radius 3 is 2.53 bits per heavy atom. The van der Waals surface area contributed by atoms with Crippen LogP contribution < -0.4 is 0 Å². The fraction of sp³-hybridized carbons (Fsp3) is 0.706. The first-order valence-electron chi connectivity index (χ1n) is 8.01. The average molecular weight is 260 g/mol. The lowest BCUT2D eigenvalue weighted by Crippen LogP contribution is -2.32. The molecule has 2 aliphatic rings. The summed E-state index contributed by atoms with van der Waals surface area (Å²) in [4.78, 5) is 7.33. The van der Waals surface area contributed by atoms with Crippen LogP contribution in [0.3, 0.4) is 0 Å². The summed E-state index contributed by atoms with van der Waals surface area (Å²) in [5.74, 6) is 0. The topological polar surface area (TPSA) is 16.1 Å². The zero-order chi connectivity index (χ0) is 13.7. The summed E-state index contributed by atoms with van der Waals surface area (Å²) in [5, 5.41) is 0. The quantitative estimate of drug-likeness (QED) is 0.715. The molecule has 0 saturated carbocycles. The maximum absolute atomic E-state index is 4.62. The number of aromatic nitrogens is 1. The number of hydrogen-bond donors (Lipinski definition) is 0. The first-order valence-corrected chi connectivity index (χ1v) is 8.01. The Morgan fingerprint density at radius 1 is 1.11 bits per heavy atom. The number of likely N-dealkylation sites (tertiary alicyclic amines) is 1. The van der Waals surface area contributed by atoms with Crippen molar-refractivity contribution in [1.82, 2.24) is 9.88 Å². The van der Waals surface area contributed by atoms with Crippen molar-refractivity contribution in [3.63, 3.8) is 0 Å². The molecule has 0 spiro atoms. The van der Waals surface area contributed by atoms with Crippen LogP contribution in [-0.4, -0.2) is 29.0 Å². The molecule has 2 nitrogen and oxygen atoms in total. The molecule has 1 unspecified atom stereocenters. The largest absolute Gasteiger partial charge is 0.300 e. The predicted molar refractivity (Wildman–Crippen MR) is 81.6 cm³/mol. The van der Waals surface area contributed by atoms with Crippen LogP contribution in [0.1, 0.15) is 56.4 Å². The van der Waals surface area contributed by atoms with Gasteiger partial charge in [0, 0.05) is 17.9 Å². The van der Waals surface area contributed by atoms with Crippen molar-refractivity contribution in [3.8, 4) is 0 Å². The van der Waals surface area contributed by atoms with Crippen LogP contribution in [0.5, 0.6) is 0 Å². The fourth-order valence-electron chi connectivity index (χ4n) is 3.34. The van der Waals surface area contributed by atoms with Gasteiger partial charge in [-0.2, -0.15) is 0 Å². The molecule has 1 saturated heterocycles. The third-order valence-electron chi connectivity index (χ3n) is 4.31. The summed E-state index contributed by atoms with van der Waals surface area (Å²) < 4.78 is 0. The van der Waals surface area contributed by atoms with E-state index in [-0.39, 0.29) is 0 Å². The third kappa shape index (κ3) is 3.56. The van der Waals surface area contributed by atoms with E-state index >= 15 is 0 Å². The number of fused-ring (bicyclic) bond motifs is 1. The number of hydrogen-bond acceptors (Lipinski definition) is 2. The molecule has 0 bridgehead atoms. The Labute approximate surface area is 118 Å². The fourth-order valence-corrected chi connectivity index (χ4v) is 3.34. The van der Waals surface area contributed by atoms with E-state index in [2.05, 4.69) is 22.9 Å². The molecule has 0 amide bonds. The molecule has 2 heteroatoms. The van der Waals surface area contributed by atoms with Gasteiger partial charge in [-0.3, -0.25) is 4.98 Å². The third-order valence-corrected chi connectivity index (χ3v) is 4.31. The number of nitrogens with zero attached hydrogens (tertiary/aromatic N) is 2. The van der Waals surface area contributed by atoms with Crippen LogP contribution in [0, 0.1) is 6.92 Å². The van der Waals surface area contributed by atoms with Gasteiger partial charge < -0.3 is 4.90 Å². The van der Waals surface area contributed by atoms with Crippen molar-refractivity contribution < 1.29 is 0 Å². The highest BCUT2D eigenvalue weighted by atomic mass is 15.2. The summed E-state index contributed by atoms with van der Waals surface area (Å²) >= 11 is 0. The standard InChI is InChI=1S/C15H22N2.C2H6/c1-12-10-13-4-5-14(17-8-2-3-9-17)6-7-15(13)16-11-12;1-2/h10-11,14H,2-9H2,1H3;1-2H3. The van der Waals surface area contributed by atoms with Crippen LogP contribution >= 0.6 is 0 Å². The Balaban J connectivity index is 0.000000637. The molecule has 1 aliphatic carbocycles. The van der Waals surface area contributed by atoms with E-state index in [1.165, 1.54) is 68.4 Å². The zero-order valence-corrected chi connectivity index (χ0v) is 12.8. The van der Waals surface area contributed by atoms with Crippen molar-refractivity contribution in [3.05, 3.63) is 29.1 Å². The molecule has 0 radical (unpaired) electrons. The maximum atomic E-state index is 4.62. The lowest BCUT2D eigenvalue weighted by atomic mass is 10.1. The number of aryl methyl sites for hydroxylation is 3. The highest BCUT2D eigenvalue weighted by Gasteiger charge is 2.24. The van der Waals surface area contributed by atoms with Crippen molar-refractivity contribution in [2.75, 3.05) is 13.1 Å². The SMILES string of the molecule is CC.Cc1cnc2c(c1)CCC(N1CCCC1)CC2. The summed E-state index contributed by atoms with van der Waals surface area (Å²) in [6, 6.07) is 3.15. The maximum Gasteiger partial charge on any atom is 0.0436 e. The Bertz CT molecular complexity index is 394. The normalized spacial score (nSPS) is 23.2. The molecular weight excluding hydrogens is 232 g/mol. The summed E-state index contributed by atoms with van der Waals surface area (Å²) in [5.41, 5.74) is 4.17. The van der Waals surface area contributed by atoms with Crippen LogP contribution in [0.15, 0.2) is 12.3 Å². The van der Waals surface area contributed by atoms with E-state index < -0.39 is 0 Å². The lowest BCUT2D eigenvalue weighted by Gasteiger charge is -2.25. The molecule has 1 aromatic rings. The smallest absolute Gasteiger partial charge is 0.0436 e. The van der Waals surface area contributed by atoms with Gasteiger partial charge in [0.05, 0.1) is 0 Å². The molecule has 2 heterocycles. The molecule has 0 N–H and O–H groups in total. The number of pyridine rings is 1. The molecule has 19 heavy (non-hydrogen) atoms. The minimum absolute atomic E-state index is 0.812. The molecule has 1 fully saturated rings. The number of rotatable bonds is 1. The Hall–Kier alpha value is -0.890. The van der Waals surface area contributed by atoms with Gasteiger partial charge in [0.2, 0.25) is 0 Å². The molecular formula is C17H28N2. The summed E-state index contributed by atoms with van der Waals surface area (Å²) in [7, 11) is 0. The van der Waals surface area contributed by atoms with Gasteiger partial charge in [-0.15, -0.1) is 0 Å². The van der Waals surface area contributed by atoms with Crippen molar-refractivity contribution >= 4 is 0 Å². The summed E-state index contributed by atoms with van der Waals surface area (Å²) in [6.07, 6.45) is 9.87. The van der Waals surface area contributed by atoms with E-state index in [1.54, 1.807) is 0 Å². The van der Waals surface area contributed by atoms with Crippen LogP contribution in [-0.2, 0) is 12.8 Å². The van der Waals surface area contributed by atoms with Gasteiger partial charge >= 0.3 is 0 Å². The van der Waals surface area contributed by atoms with E-state index in [0.717, 1.165) is 6.04 Å². The van der Waals surface area contributed by atoms with Crippen LogP contribution in [0.2, 0.25) is 0 Å². The molecule has 1 aromatic heterocycles. The molecule has 0 aromatic carbocycles. The van der Waals surface area contributed by atoms with Gasteiger partial charge in [-0.25, -0.2) is 0 Å². The summed E-state index contributed by atoms with van der Waals surface area (Å²) in [6.45, 7) is 8.80. The van der Waals surface area contributed by atoms with Gasteiger partial charge in [0.1, 0.15) is 0 Å². The minimum atomic E-state index is 0.812. The van der Waals surface area contributed by atoms with Crippen LogP contribution in [0.4, 0.5) is 0 Å². The van der Waals surface area contributed by atoms with E-state index in [9.17, 15) is 0 Å². The predicted octanol–water partition coefficient (Wildman–Crippen LogP) is 3.76. The van der Waals surface area contributed by atoms with Gasteiger partial charge in [0.15, 0.2) is 0 Å². The molecule has 3 rings (SSSR count). The second-order valence-corrected chi connectivity index (χ2v) is 5.59. The highest BCUT2D eigenvalue weighted by Crippen LogP contribution is 2.25. The molecule has 106 valence electrons. The minimum Gasteiger partial charge on any atom is -0.300 e. The van der Waals surface area contributed by atoms with E-state index in [4.69, 9.17) is 0 Å². The van der Waals surface area contributed by atoms with Gasteiger partial charge in [0.25, 0.3) is 0 Å². The van der Waals surface area contributed by atoms with Crippen molar-refractivity contribution in [2.45, 2.75) is 65.3 Å². The first kappa shape index (κ1) is 14.5. The monoisotopic (exact) mass is 260 g/mol.